The Kier molecular flexibility index (Phi) is 3.78. The lowest BCUT2D eigenvalue weighted by atomic mass is 9.85. The molecule has 0 aliphatic carbocycles. The molecule has 0 radical (unpaired) electrons. The van der Waals surface area contributed by atoms with Crippen molar-refractivity contribution in [3.05, 3.63) is 24.3 Å². The average Bonchev–Trinajstić information content (AvgIpc) is 2.71. The van der Waals surface area contributed by atoms with Crippen molar-refractivity contribution in [2.45, 2.75) is 13.0 Å². The van der Waals surface area contributed by atoms with Gasteiger partial charge in [0.15, 0.2) is 0 Å². The zero-order valence-corrected chi connectivity index (χ0v) is 11.6. The first-order chi connectivity index (χ1) is 8.95. The minimum atomic E-state index is -0.667. The molecule has 0 saturated carbocycles. The fourth-order valence-electron chi connectivity index (χ4n) is 2.16. The first-order valence-electron chi connectivity index (χ1n) is 6.36. The van der Waals surface area contributed by atoms with Crippen LogP contribution in [0.2, 0.25) is 0 Å². The van der Waals surface area contributed by atoms with Crippen LogP contribution in [0.25, 0.3) is 0 Å². The maximum absolute atomic E-state index is 12.4. The number of carbonyl (C=O) groups is 1. The van der Waals surface area contributed by atoms with E-state index < -0.39 is 5.41 Å². The van der Waals surface area contributed by atoms with Crippen molar-refractivity contribution in [2.75, 3.05) is 37.5 Å². The molecule has 1 aromatic carbocycles. The molecule has 1 aliphatic rings. The van der Waals surface area contributed by atoms with Gasteiger partial charge in [-0.2, -0.15) is 0 Å². The van der Waals surface area contributed by atoms with Crippen molar-refractivity contribution in [3.8, 4) is 0 Å². The van der Waals surface area contributed by atoms with Crippen molar-refractivity contribution in [1.82, 2.24) is 0 Å². The van der Waals surface area contributed by atoms with E-state index in [4.69, 9.17) is 10.5 Å². The minimum absolute atomic E-state index is 0.0909. The molecule has 1 aromatic rings. The number of nitrogens with one attached hydrogen (secondary N) is 1. The van der Waals surface area contributed by atoms with E-state index in [9.17, 15) is 4.79 Å². The number of hydrogen-bond donors (Lipinski definition) is 2. The quantitative estimate of drug-likeness (QED) is 0.855. The molecular weight excluding hydrogens is 242 g/mol. The molecule has 1 fully saturated rings. The van der Waals surface area contributed by atoms with Crippen LogP contribution in [0.15, 0.2) is 24.3 Å². The second-order valence-electron chi connectivity index (χ2n) is 5.40. The molecule has 5 nitrogen and oxygen atoms in total. The SMILES string of the molecule is CN(C)c1ccccc1NC(=O)C1(C)COCC1N. The van der Waals surface area contributed by atoms with Gasteiger partial charge in [0.2, 0.25) is 5.91 Å². The number of nitrogens with two attached hydrogens (primary N) is 1. The van der Waals surface area contributed by atoms with Crippen LogP contribution in [0.1, 0.15) is 6.92 Å². The van der Waals surface area contributed by atoms with E-state index in [0.717, 1.165) is 11.4 Å². The van der Waals surface area contributed by atoms with Gasteiger partial charge in [0.25, 0.3) is 0 Å². The summed E-state index contributed by atoms with van der Waals surface area (Å²) in [4.78, 5) is 14.4. The van der Waals surface area contributed by atoms with E-state index in [1.165, 1.54) is 0 Å². The number of amides is 1. The van der Waals surface area contributed by atoms with Crippen LogP contribution >= 0.6 is 0 Å². The molecule has 2 atom stereocenters. The third kappa shape index (κ3) is 2.57. The number of rotatable bonds is 3. The maximum Gasteiger partial charge on any atom is 0.234 e. The molecule has 0 aromatic heterocycles. The lowest BCUT2D eigenvalue weighted by Crippen LogP contribution is -2.47. The normalized spacial score (nSPS) is 26.2. The summed E-state index contributed by atoms with van der Waals surface area (Å²) in [5.41, 5.74) is 7.06. The second kappa shape index (κ2) is 5.19. The Bertz CT molecular complexity index is 476. The summed E-state index contributed by atoms with van der Waals surface area (Å²) in [6.45, 7) is 2.64. The van der Waals surface area contributed by atoms with Crippen molar-refractivity contribution >= 4 is 17.3 Å². The van der Waals surface area contributed by atoms with Gasteiger partial charge in [0.1, 0.15) is 0 Å². The van der Waals surface area contributed by atoms with Gasteiger partial charge in [-0.15, -0.1) is 0 Å². The number of ether oxygens (including phenoxy) is 1. The summed E-state index contributed by atoms with van der Waals surface area (Å²) in [6.07, 6.45) is 0. The van der Waals surface area contributed by atoms with E-state index in [-0.39, 0.29) is 11.9 Å². The highest BCUT2D eigenvalue weighted by atomic mass is 16.5. The van der Waals surface area contributed by atoms with Gasteiger partial charge in [-0.1, -0.05) is 12.1 Å². The van der Waals surface area contributed by atoms with Gasteiger partial charge in [0.05, 0.1) is 30.0 Å². The van der Waals surface area contributed by atoms with Crippen LogP contribution in [-0.2, 0) is 9.53 Å². The van der Waals surface area contributed by atoms with Gasteiger partial charge in [-0.3, -0.25) is 4.79 Å². The predicted molar refractivity (Wildman–Crippen MR) is 76.3 cm³/mol. The van der Waals surface area contributed by atoms with Crippen molar-refractivity contribution in [1.29, 1.82) is 0 Å². The maximum atomic E-state index is 12.4. The topological polar surface area (TPSA) is 67.6 Å². The van der Waals surface area contributed by atoms with Crippen LogP contribution in [0.3, 0.4) is 0 Å². The first kappa shape index (κ1) is 13.8. The third-order valence-corrected chi connectivity index (χ3v) is 3.67. The molecular formula is C14H21N3O2. The van der Waals surface area contributed by atoms with Gasteiger partial charge in [-0.25, -0.2) is 0 Å². The molecule has 0 spiro atoms. The summed E-state index contributed by atoms with van der Waals surface area (Å²) < 4.78 is 5.31. The van der Waals surface area contributed by atoms with E-state index in [0.29, 0.717) is 13.2 Å². The molecule has 104 valence electrons. The van der Waals surface area contributed by atoms with Crippen LogP contribution in [-0.4, -0.2) is 39.3 Å². The van der Waals surface area contributed by atoms with Gasteiger partial charge >= 0.3 is 0 Å². The van der Waals surface area contributed by atoms with E-state index in [1.54, 1.807) is 0 Å². The molecule has 1 amide bonds. The number of benzene rings is 1. The van der Waals surface area contributed by atoms with Crippen LogP contribution in [0.5, 0.6) is 0 Å². The molecule has 1 aliphatic heterocycles. The van der Waals surface area contributed by atoms with E-state index in [2.05, 4.69) is 5.32 Å². The van der Waals surface area contributed by atoms with Gasteiger partial charge < -0.3 is 20.7 Å². The summed E-state index contributed by atoms with van der Waals surface area (Å²) >= 11 is 0. The average molecular weight is 263 g/mol. The first-order valence-corrected chi connectivity index (χ1v) is 6.36. The Balaban J connectivity index is 2.20. The van der Waals surface area contributed by atoms with Gasteiger partial charge in [-0.05, 0) is 19.1 Å². The predicted octanol–water partition coefficient (Wildman–Crippen LogP) is 1.05. The molecule has 1 heterocycles. The van der Waals surface area contributed by atoms with Crippen molar-refractivity contribution < 1.29 is 9.53 Å². The lowest BCUT2D eigenvalue weighted by molar-refractivity contribution is -0.125. The summed E-state index contributed by atoms with van der Waals surface area (Å²) in [7, 11) is 3.88. The number of hydrogen-bond acceptors (Lipinski definition) is 4. The fraction of sp³-hybridized carbons (Fsp3) is 0.500. The molecule has 1 saturated heterocycles. The number of carbonyl (C=O) groups excluding carboxylic acids is 1. The third-order valence-electron chi connectivity index (χ3n) is 3.67. The van der Waals surface area contributed by atoms with Crippen molar-refractivity contribution in [2.24, 2.45) is 11.1 Å². The summed E-state index contributed by atoms with van der Waals surface area (Å²) in [5.74, 6) is -0.0909. The lowest BCUT2D eigenvalue weighted by Gasteiger charge is -2.27. The number of para-hydroxylation sites is 2. The monoisotopic (exact) mass is 263 g/mol. The Morgan fingerprint density at radius 1 is 1.47 bits per heavy atom. The molecule has 5 heteroatoms. The van der Waals surface area contributed by atoms with E-state index >= 15 is 0 Å². The fourth-order valence-corrected chi connectivity index (χ4v) is 2.16. The zero-order valence-electron chi connectivity index (χ0n) is 11.6. The highest BCUT2D eigenvalue weighted by Crippen LogP contribution is 2.31. The second-order valence-corrected chi connectivity index (χ2v) is 5.40. The van der Waals surface area contributed by atoms with Crippen LogP contribution < -0.4 is 16.0 Å². The molecule has 0 bridgehead atoms. The largest absolute Gasteiger partial charge is 0.379 e. The molecule has 19 heavy (non-hydrogen) atoms. The van der Waals surface area contributed by atoms with Crippen LogP contribution in [0.4, 0.5) is 11.4 Å². The number of nitrogens with zero attached hydrogens (tertiary/aromatic N) is 1. The Labute approximate surface area is 113 Å². The zero-order chi connectivity index (χ0) is 14.0. The molecule has 2 rings (SSSR count). The Hall–Kier alpha value is -1.59. The Morgan fingerprint density at radius 2 is 2.16 bits per heavy atom. The summed E-state index contributed by atoms with van der Waals surface area (Å²) in [5, 5.41) is 2.96. The molecule has 2 unspecified atom stereocenters. The van der Waals surface area contributed by atoms with E-state index in [1.807, 2.05) is 50.2 Å². The highest BCUT2D eigenvalue weighted by Gasteiger charge is 2.44. The summed E-state index contributed by atoms with van der Waals surface area (Å²) in [6, 6.07) is 7.42. The molecule has 3 N–H and O–H groups in total. The van der Waals surface area contributed by atoms with Crippen LogP contribution in [0, 0.1) is 5.41 Å². The minimum Gasteiger partial charge on any atom is -0.379 e. The highest BCUT2D eigenvalue weighted by molar-refractivity contribution is 5.98. The Morgan fingerprint density at radius 3 is 2.74 bits per heavy atom. The smallest absolute Gasteiger partial charge is 0.234 e. The van der Waals surface area contributed by atoms with Gasteiger partial charge in [0, 0.05) is 20.1 Å². The van der Waals surface area contributed by atoms with Crippen molar-refractivity contribution in [3.63, 3.8) is 0 Å². The number of anilines is 2. The standard InChI is InChI=1S/C14H21N3O2/c1-14(9-19-8-12(14)15)13(18)16-10-6-4-5-7-11(10)17(2)3/h4-7,12H,8-9,15H2,1-3H3,(H,16,18).